The molecule has 0 spiro atoms. The summed E-state index contributed by atoms with van der Waals surface area (Å²) in [5.74, 6) is 0.530. The van der Waals surface area contributed by atoms with Crippen molar-refractivity contribution in [2.75, 3.05) is 25.0 Å². The van der Waals surface area contributed by atoms with Gasteiger partial charge < -0.3 is 10.1 Å². The lowest BCUT2D eigenvalue weighted by molar-refractivity contribution is -0.116. The summed E-state index contributed by atoms with van der Waals surface area (Å²) in [6.45, 7) is 8.56. The molecule has 0 aromatic heterocycles. The molecule has 0 atom stereocenters. The Morgan fingerprint density at radius 2 is 1.79 bits per heavy atom. The van der Waals surface area contributed by atoms with Crippen molar-refractivity contribution in [2.24, 2.45) is 0 Å². The first-order valence-corrected chi connectivity index (χ1v) is 10.8. The van der Waals surface area contributed by atoms with E-state index < -0.39 is 10.0 Å². The topological polar surface area (TPSA) is 75.7 Å². The highest BCUT2D eigenvalue weighted by molar-refractivity contribution is 7.89. The van der Waals surface area contributed by atoms with Crippen molar-refractivity contribution in [3.63, 3.8) is 0 Å². The van der Waals surface area contributed by atoms with Crippen LogP contribution in [-0.2, 0) is 14.8 Å². The quantitative estimate of drug-likeness (QED) is 0.691. The molecule has 152 valence electrons. The number of rotatable bonds is 9. The molecule has 2 aromatic rings. The average molecular weight is 405 g/mol. The van der Waals surface area contributed by atoms with Gasteiger partial charge in [0.15, 0.2) is 0 Å². The Labute approximate surface area is 167 Å². The third-order valence-corrected chi connectivity index (χ3v) is 6.44. The third kappa shape index (κ3) is 5.56. The highest BCUT2D eigenvalue weighted by atomic mass is 32.2. The summed E-state index contributed by atoms with van der Waals surface area (Å²) in [5.41, 5.74) is 2.56. The fourth-order valence-corrected chi connectivity index (χ4v) is 4.29. The zero-order chi connectivity index (χ0) is 20.7. The molecule has 7 heteroatoms. The minimum atomic E-state index is -3.56. The number of benzene rings is 2. The predicted octanol–water partition coefficient (Wildman–Crippen LogP) is 3.74. The van der Waals surface area contributed by atoms with Gasteiger partial charge in [-0.1, -0.05) is 32.0 Å². The smallest absolute Gasteiger partial charge is 0.243 e. The largest absolute Gasteiger partial charge is 0.493 e. The molecule has 0 unspecified atom stereocenters. The Morgan fingerprint density at radius 3 is 2.46 bits per heavy atom. The van der Waals surface area contributed by atoms with E-state index in [1.807, 2.05) is 32.0 Å². The first-order valence-electron chi connectivity index (χ1n) is 9.38. The molecule has 0 fully saturated rings. The van der Waals surface area contributed by atoms with Crippen LogP contribution in [0.2, 0.25) is 0 Å². The summed E-state index contributed by atoms with van der Waals surface area (Å²) in [6, 6.07) is 12.2. The minimum Gasteiger partial charge on any atom is -0.493 e. The minimum absolute atomic E-state index is 0.167. The second kappa shape index (κ2) is 9.71. The van der Waals surface area contributed by atoms with Crippen molar-refractivity contribution in [1.82, 2.24) is 4.31 Å². The van der Waals surface area contributed by atoms with E-state index in [-0.39, 0.29) is 23.8 Å². The van der Waals surface area contributed by atoms with Crippen molar-refractivity contribution < 1.29 is 17.9 Å². The second-order valence-corrected chi connectivity index (χ2v) is 8.47. The lowest BCUT2D eigenvalue weighted by Gasteiger charge is -2.18. The Morgan fingerprint density at radius 1 is 1.07 bits per heavy atom. The molecule has 0 aliphatic heterocycles. The fraction of sp³-hybridized carbons (Fsp3) is 0.381. The number of ether oxygens (including phenoxy) is 1. The van der Waals surface area contributed by atoms with Gasteiger partial charge in [0, 0.05) is 18.8 Å². The van der Waals surface area contributed by atoms with Crippen molar-refractivity contribution in [2.45, 2.75) is 39.0 Å². The molecule has 0 aliphatic rings. The summed E-state index contributed by atoms with van der Waals surface area (Å²) in [7, 11) is -3.56. The zero-order valence-corrected chi connectivity index (χ0v) is 17.7. The van der Waals surface area contributed by atoms with Crippen LogP contribution in [0.15, 0.2) is 47.4 Å². The van der Waals surface area contributed by atoms with E-state index in [0.29, 0.717) is 18.8 Å². The van der Waals surface area contributed by atoms with Gasteiger partial charge in [0.1, 0.15) is 5.75 Å². The lowest BCUT2D eigenvalue weighted by Crippen LogP contribution is -2.30. The standard InChI is InChI=1S/C21H28N2O4S/c1-5-23(6-2)28(25,26)19-9-7-8-18(15-19)22-21(24)12-13-27-20-14-16(3)10-11-17(20)4/h7-11,14-15H,5-6,12-13H2,1-4H3,(H,22,24). The number of hydrogen-bond donors (Lipinski definition) is 1. The normalized spacial score (nSPS) is 11.5. The maximum atomic E-state index is 12.6. The molecular weight excluding hydrogens is 376 g/mol. The number of aryl methyl sites for hydroxylation is 2. The molecule has 2 aromatic carbocycles. The predicted molar refractivity (Wildman–Crippen MR) is 111 cm³/mol. The fourth-order valence-electron chi connectivity index (χ4n) is 2.79. The molecule has 0 bridgehead atoms. The van der Waals surface area contributed by atoms with E-state index in [1.54, 1.807) is 26.0 Å². The number of nitrogens with one attached hydrogen (secondary N) is 1. The molecule has 1 amide bonds. The molecule has 1 N–H and O–H groups in total. The molecule has 2 rings (SSSR count). The highest BCUT2D eigenvalue weighted by Gasteiger charge is 2.21. The van der Waals surface area contributed by atoms with Crippen LogP contribution in [-0.4, -0.2) is 38.3 Å². The van der Waals surface area contributed by atoms with Crippen molar-refractivity contribution >= 4 is 21.6 Å². The van der Waals surface area contributed by atoms with Crippen LogP contribution in [0.25, 0.3) is 0 Å². The van der Waals surface area contributed by atoms with Crippen LogP contribution < -0.4 is 10.1 Å². The van der Waals surface area contributed by atoms with Crippen LogP contribution in [0.1, 0.15) is 31.4 Å². The lowest BCUT2D eigenvalue weighted by atomic mass is 10.1. The molecule has 6 nitrogen and oxygen atoms in total. The van der Waals surface area contributed by atoms with Crippen LogP contribution in [0.3, 0.4) is 0 Å². The zero-order valence-electron chi connectivity index (χ0n) is 16.9. The van der Waals surface area contributed by atoms with Gasteiger partial charge in [-0.05, 0) is 49.2 Å². The van der Waals surface area contributed by atoms with Gasteiger partial charge in [-0.3, -0.25) is 4.79 Å². The summed E-state index contributed by atoms with van der Waals surface area (Å²) in [6.07, 6.45) is 0.167. The van der Waals surface area contributed by atoms with Gasteiger partial charge in [-0.25, -0.2) is 8.42 Å². The van der Waals surface area contributed by atoms with E-state index in [9.17, 15) is 13.2 Å². The Balaban J connectivity index is 1.98. The van der Waals surface area contributed by atoms with Crippen molar-refractivity contribution in [3.8, 4) is 5.75 Å². The van der Waals surface area contributed by atoms with Crippen molar-refractivity contribution in [1.29, 1.82) is 0 Å². The summed E-state index contributed by atoms with van der Waals surface area (Å²) < 4.78 is 32.3. The Bertz CT molecular complexity index is 922. The molecule has 0 saturated carbocycles. The van der Waals surface area contributed by atoms with E-state index in [4.69, 9.17) is 4.74 Å². The second-order valence-electron chi connectivity index (χ2n) is 6.53. The Kier molecular flexibility index (Phi) is 7.60. The van der Waals surface area contributed by atoms with Crippen LogP contribution in [0, 0.1) is 13.8 Å². The number of sulfonamides is 1. The van der Waals surface area contributed by atoms with Crippen LogP contribution in [0.5, 0.6) is 5.75 Å². The summed E-state index contributed by atoms with van der Waals surface area (Å²) >= 11 is 0. The Hall–Kier alpha value is -2.38. The van der Waals surface area contributed by atoms with Gasteiger partial charge in [0.25, 0.3) is 0 Å². The molecule has 0 radical (unpaired) electrons. The van der Waals surface area contributed by atoms with Gasteiger partial charge in [0.2, 0.25) is 15.9 Å². The molecule has 0 heterocycles. The van der Waals surface area contributed by atoms with Crippen LogP contribution in [0.4, 0.5) is 5.69 Å². The maximum Gasteiger partial charge on any atom is 0.243 e. The first-order chi connectivity index (χ1) is 13.3. The first kappa shape index (κ1) is 21.9. The monoisotopic (exact) mass is 404 g/mol. The third-order valence-electron chi connectivity index (χ3n) is 4.39. The van der Waals surface area contributed by atoms with E-state index in [2.05, 4.69) is 5.32 Å². The molecule has 0 aliphatic carbocycles. The molecule has 0 saturated heterocycles. The summed E-state index contributed by atoms with van der Waals surface area (Å²) in [4.78, 5) is 12.4. The average Bonchev–Trinajstić information content (AvgIpc) is 2.65. The maximum absolute atomic E-state index is 12.6. The van der Waals surface area contributed by atoms with E-state index in [0.717, 1.165) is 16.9 Å². The number of anilines is 1. The summed E-state index contributed by atoms with van der Waals surface area (Å²) in [5, 5.41) is 2.74. The number of nitrogens with zero attached hydrogens (tertiary/aromatic N) is 1. The van der Waals surface area contributed by atoms with Gasteiger partial charge in [0.05, 0.1) is 17.9 Å². The van der Waals surface area contributed by atoms with E-state index >= 15 is 0 Å². The van der Waals surface area contributed by atoms with Gasteiger partial charge >= 0.3 is 0 Å². The van der Waals surface area contributed by atoms with Crippen LogP contribution >= 0.6 is 0 Å². The number of carbonyl (C=O) groups is 1. The van der Waals surface area contributed by atoms with Crippen molar-refractivity contribution in [3.05, 3.63) is 53.6 Å². The number of hydrogen-bond acceptors (Lipinski definition) is 4. The number of carbonyl (C=O) groups excluding carboxylic acids is 1. The van der Waals surface area contributed by atoms with Gasteiger partial charge in [-0.15, -0.1) is 0 Å². The highest BCUT2D eigenvalue weighted by Crippen LogP contribution is 2.21. The van der Waals surface area contributed by atoms with E-state index in [1.165, 1.54) is 16.4 Å². The molecular formula is C21H28N2O4S. The SMILES string of the molecule is CCN(CC)S(=O)(=O)c1cccc(NC(=O)CCOc2cc(C)ccc2C)c1. The number of amides is 1. The van der Waals surface area contributed by atoms with Gasteiger partial charge in [-0.2, -0.15) is 4.31 Å². The molecule has 28 heavy (non-hydrogen) atoms.